The largest absolute Gasteiger partial charge is 0.392 e. The van der Waals surface area contributed by atoms with Crippen LogP contribution in [-0.2, 0) is 4.79 Å². The van der Waals surface area contributed by atoms with E-state index in [9.17, 15) is 23.1 Å². The minimum Gasteiger partial charge on any atom is -0.380 e. The summed E-state index contributed by atoms with van der Waals surface area (Å²) in [7, 11) is 0. The molecule has 0 saturated carbocycles. The maximum atomic E-state index is 12.2. The first kappa shape index (κ1) is 15.0. The lowest BCUT2D eigenvalue weighted by Crippen LogP contribution is -2.43. The Kier molecular flexibility index (Phi) is 4.17. The first-order chi connectivity index (χ1) is 8.64. The van der Waals surface area contributed by atoms with Crippen LogP contribution in [0.5, 0.6) is 0 Å². The van der Waals surface area contributed by atoms with Crippen LogP contribution in [0.2, 0.25) is 0 Å². The Hall–Kier alpha value is -2.07. The van der Waals surface area contributed by atoms with Gasteiger partial charge < -0.3 is 10.4 Å². The number of hydrogen-bond acceptors (Lipinski definition) is 3. The van der Waals surface area contributed by atoms with Crippen molar-refractivity contribution in [3.8, 4) is 6.07 Å². The fraction of sp³-hybridized carbons (Fsp3) is 0.333. The summed E-state index contributed by atoms with van der Waals surface area (Å²) in [5, 5.41) is 20.2. The highest BCUT2D eigenvalue weighted by Crippen LogP contribution is 2.28. The number of rotatable bonds is 3. The van der Waals surface area contributed by atoms with Crippen LogP contribution in [0.25, 0.3) is 0 Å². The highest BCUT2D eigenvalue weighted by Gasteiger charge is 2.43. The Bertz CT molecular complexity index is 501. The van der Waals surface area contributed by atoms with Crippen LogP contribution in [0.1, 0.15) is 18.9 Å². The van der Waals surface area contributed by atoms with Gasteiger partial charge in [0.2, 0.25) is 0 Å². The zero-order valence-corrected chi connectivity index (χ0v) is 9.95. The Morgan fingerprint density at radius 2 is 1.89 bits per heavy atom. The molecule has 1 rings (SSSR count). The number of carbonyl (C=O) groups is 1. The van der Waals surface area contributed by atoms with Gasteiger partial charge in [-0.3, -0.25) is 4.79 Å². The molecule has 0 aromatic heterocycles. The zero-order valence-electron chi connectivity index (χ0n) is 9.95. The number of halogens is 3. The van der Waals surface area contributed by atoms with E-state index in [4.69, 9.17) is 5.26 Å². The Morgan fingerprint density at radius 3 is 2.32 bits per heavy atom. The molecule has 2 N–H and O–H groups in total. The van der Waals surface area contributed by atoms with Crippen molar-refractivity contribution in [1.82, 2.24) is 0 Å². The third kappa shape index (κ3) is 4.60. The van der Waals surface area contributed by atoms with E-state index in [-0.39, 0.29) is 5.69 Å². The number of anilines is 1. The zero-order chi connectivity index (χ0) is 14.7. The summed E-state index contributed by atoms with van der Waals surface area (Å²) in [5.74, 6) is -1.16. The minimum absolute atomic E-state index is 0.200. The Morgan fingerprint density at radius 1 is 1.37 bits per heavy atom. The second-order valence-corrected chi connectivity index (χ2v) is 4.21. The normalized spacial score (nSPS) is 14.3. The summed E-state index contributed by atoms with van der Waals surface area (Å²) < 4.78 is 36.5. The van der Waals surface area contributed by atoms with Crippen molar-refractivity contribution in [1.29, 1.82) is 5.26 Å². The molecule has 4 nitrogen and oxygen atoms in total. The standard InChI is InChI=1S/C12H11F3N2O2/c1-11(19,7-12(13,14)15)10(18)17-9-4-2-8(6-16)3-5-9/h2-5,19H,7H2,1H3,(H,17,18). The molecule has 1 aromatic rings. The molecule has 0 fully saturated rings. The van der Waals surface area contributed by atoms with E-state index in [1.165, 1.54) is 24.3 Å². The van der Waals surface area contributed by atoms with Crippen molar-refractivity contribution in [3.05, 3.63) is 29.8 Å². The van der Waals surface area contributed by atoms with Gasteiger partial charge in [0.05, 0.1) is 18.1 Å². The molecule has 0 bridgehead atoms. The second-order valence-electron chi connectivity index (χ2n) is 4.21. The molecule has 19 heavy (non-hydrogen) atoms. The van der Waals surface area contributed by atoms with Crippen LogP contribution in [0.4, 0.5) is 18.9 Å². The van der Waals surface area contributed by atoms with E-state index in [0.717, 1.165) is 6.92 Å². The molecule has 1 unspecified atom stereocenters. The van der Waals surface area contributed by atoms with Crippen molar-refractivity contribution >= 4 is 11.6 Å². The van der Waals surface area contributed by atoms with E-state index in [1.54, 1.807) is 0 Å². The van der Waals surface area contributed by atoms with E-state index in [1.807, 2.05) is 6.07 Å². The van der Waals surface area contributed by atoms with Crippen molar-refractivity contribution in [2.24, 2.45) is 0 Å². The maximum absolute atomic E-state index is 12.2. The summed E-state index contributed by atoms with van der Waals surface area (Å²) >= 11 is 0. The number of aliphatic hydroxyl groups is 1. The molecule has 1 atom stereocenters. The van der Waals surface area contributed by atoms with Crippen LogP contribution < -0.4 is 5.32 Å². The number of nitriles is 1. The molecule has 0 saturated heterocycles. The predicted octanol–water partition coefficient (Wildman–Crippen LogP) is 2.20. The van der Waals surface area contributed by atoms with E-state index < -0.39 is 24.1 Å². The number of benzene rings is 1. The van der Waals surface area contributed by atoms with Crippen LogP contribution >= 0.6 is 0 Å². The molecular formula is C12H11F3N2O2. The van der Waals surface area contributed by atoms with Gasteiger partial charge in [0.25, 0.3) is 5.91 Å². The van der Waals surface area contributed by atoms with Gasteiger partial charge in [-0.2, -0.15) is 18.4 Å². The average molecular weight is 272 g/mol. The minimum atomic E-state index is -4.65. The van der Waals surface area contributed by atoms with Gasteiger partial charge in [0.1, 0.15) is 5.60 Å². The molecule has 0 aliphatic carbocycles. The summed E-state index contributed by atoms with van der Waals surface area (Å²) in [6.07, 6.45) is -6.28. The maximum Gasteiger partial charge on any atom is 0.392 e. The van der Waals surface area contributed by atoms with Crippen molar-refractivity contribution in [2.75, 3.05) is 5.32 Å². The third-order valence-electron chi connectivity index (χ3n) is 2.31. The highest BCUT2D eigenvalue weighted by atomic mass is 19.4. The first-order valence-corrected chi connectivity index (χ1v) is 5.25. The Balaban J connectivity index is 2.76. The van der Waals surface area contributed by atoms with E-state index in [0.29, 0.717) is 5.56 Å². The van der Waals surface area contributed by atoms with Gasteiger partial charge in [-0.15, -0.1) is 0 Å². The van der Waals surface area contributed by atoms with E-state index >= 15 is 0 Å². The number of amides is 1. The second kappa shape index (κ2) is 5.28. The number of nitrogens with one attached hydrogen (secondary N) is 1. The van der Waals surface area contributed by atoms with Gasteiger partial charge in [0, 0.05) is 5.69 Å². The van der Waals surface area contributed by atoms with Gasteiger partial charge in [-0.05, 0) is 31.2 Å². The number of carbonyl (C=O) groups excluding carboxylic acids is 1. The molecule has 0 aliphatic heterocycles. The summed E-state index contributed by atoms with van der Waals surface area (Å²) in [6.45, 7) is 0.791. The molecule has 102 valence electrons. The molecule has 7 heteroatoms. The van der Waals surface area contributed by atoms with Gasteiger partial charge in [-0.1, -0.05) is 0 Å². The lowest BCUT2D eigenvalue weighted by atomic mass is 10.0. The molecular weight excluding hydrogens is 261 g/mol. The topological polar surface area (TPSA) is 73.1 Å². The SMILES string of the molecule is CC(O)(CC(F)(F)F)C(=O)Nc1ccc(C#N)cc1. The first-order valence-electron chi connectivity index (χ1n) is 5.25. The molecule has 1 amide bonds. The quantitative estimate of drug-likeness (QED) is 0.885. The Labute approximate surface area is 107 Å². The fourth-order valence-electron chi connectivity index (χ4n) is 1.36. The van der Waals surface area contributed by atoms with E-state index in [2.05, 4.69) is 5.32 Å². The van der Waals surface area contributed by atoms with Crippen molar-refractivity contribution < 1.29 is 23.1 Å². The average Bonchev–Trinajstić information content (AvgIpc) is 2.26. The van der Waals surface area contributed by atoms with Gasteiger partial charge in [-0.25, -0.2) is 0 Å². The van der Waals surface area contributed by atoms with Crippen molar-refractivity contribution in [2.45, 2.75) is 25.1 Å². The van der Waals surface area contributed by atoms with Crippen LogP contribution in [0, 0.1) is 11.3 Å². The molecule has 0 aliphatic rings. The highest BCUT2D eigenvalue weighted by molar-refractivity contribution is 5.96. The van der Waals surface area contributed by atoms with Gasteiger partial charge in [0.15, 0.2) is 0 Å². The molecule has 0 radical (unpaired) electrons. The van der Waals surface area contributed by atoms with Crippen LogP contribution in [0.15, 0.2) is 24.3 Å². The lowest BCUT2D eigenvalue weighted by molar-refractivity contribution is -0.178. The third-order valence-corrected chi connectivity index (χ3v) is 2.31. The summed E-state index contributed by atoms with van der Waals surface area (Å²) in [6, 6.07) is 7.37. The van der Waals surface area contributed by atoms with Crippen LogP contribution in [-0.4, -0.2) is 22.8 Å². The summed E-state index contributed by atoms with van der Waals surface area (Å²) in [4.78, 5) is 11.5. The van der Waals surface area contributed by atoms with Crippen molar-refractivity contribution in [3.63, 3.8) is 0 Å². The molecule has 0 heterocycles. The number of hydrogen-bond donors (Lipinski definition) is 2. The van der Waals surface area contributed by atoms with Gasteiger partial charge >= 0.3 is 6.18 Å². The molecule has 0 spiro atoms. The fourth-order valence-corrected chi connectivity index (χ4v) is 1.36. The number of nitrogens with zero attached hydrogens (tertiary/aromatic N) is 1. The predicted molar refractivity (Wildman–Crippen MR) is 61.1 cm³/mol. The monoisotopic (exact) mass is 272 g/mol. The molecule has 1 aromatic carbocycles. The number of alkyl halides is 3. The van der Waals surface area contributed by atoms with Crippen LogP contribution in [0.3, 0.4) is 0 Å². The lowest BCUT2D eigenvalue weighted by Gasteiger charge is -2.23. The smallest absolute Gasteiger partial charge is 0.380 e. The summed E-state index contributed by atoms with van der Waals surface area (Å²) in [5.41, 5.74) is -2.00.